The average Bonchev–Trinajstić information content (AvgIpc) is 2.44. The standard InChI is InChI=1S/C14H22N4O2/c1-11-8-17(9-12(2)20-11)10-13(7-15)14(19)18-5-3-16-4-6-18/h10-12,16H,3-6,8-9H2,1-2H3/b13-10-. The van der Waals surface area contributed by atoms with Gasteiger partial charge in [-0.3, -0.25) is 4.79 Å². The van der Waals surface area contributed by atoms with Crippen LogP contribution in [0, 0.1) is 11.3 Å². The summed E-state index contributed by atoms with van der Waals surface area (Å²) in [4.78, 5) is 16.1. The Morgan fingerprint density at radius 1 is 1.30 bits per heavy atom. The highest BCUT2D eigenvalue weighted by molar-refractivity contribution is 5.97. The number of carbonyl (C=O) groups is 1. The Morgan fingerprint density at radius 2 is 1.90 bits per heavy atom. The number of carbonyl (C=O) groups excluding carboxylic acids is 1. The summed E-state index contributed by atoms with van der Waals surface area (Å²) in [6, 6.07) is 2.04. The molecule has 0 spiro atoms. The molecule has 0 bridgehead atoms. The highest BCUT2D eigenvalue weighted by Gasteiger charge is 2.24. The third kappa shape index (κ3) is 3.71. The van der Waals surface area contributed by atoms with E-state index in [0.717, 1.165) is 13.1 Å². The van der Waals surface area contributed by atoms with Gasteiger partial charge in [0.2, 0.25) is 0 Å². The molecule has 110 valence electrons. The van der Waals surface area contributed by atoms with Gasteiger partial charge in [-0.2, -0.15) is 5.26 Å². The predicted molar refractivity (Wildman–Crippen MR) is 74.7 cm³/mol. The van der Waals surface area contributed by atoms with Crippen LogP contribution in [0.5, 0.6) is 0 Å². The first-order chi connectivity index (χ1) is 9.60. The molecular weight excluding hydrogens is 256 g/mol. The summed E-state index contributed by atoms with van der Waals surface area (Å²) in [5, 5.41) is 12.4. The Labute approximate surface area is 120 Å². The number of nitriles is 1. The molecule has 2 heterocycles. The van der Waals surface area contributed by atoms with Gasteiger partial charge in [0.1, 0.15) is 11.6 Å². The zero-order valence-corrected chi connectivity index (χ0v) is 12.1. The van der Waals surface area contributed by atoms with Crippen LogP contribution in [0.3, 0.4) is 0 Å². The fourth-order valence-corrected chi connectivity index (χ4v) is 2.68. The summed E-state index contributed by atoms with van der Waals surface area (Å²) in [7, 11) is 0. The van der Waals surface area contributed by atoms with Crippen LogP contribution >= 0.6 is 0 Å². The van der Waals surface area contributed by atoms with E-state index in [-0.39, 0.29) is 23.7 Å². The molecule has 1 N–H and O–H groups in total. The third-order valence-electron chi connectivity index (χ3n) is 3.51. The molecule has 0 saturated carbocycles. The third-order valence-corrected chi connectivity index (χ3v) is 3.51. The number of amides is 1. The molecule has 6 nitrogen and oxygen atoms in total. The van der Waals surface area contributed by atoms with Crippen molar-refractivity contribution >= 4 is 5.91 Å². The SMILES string of the molecule is CC1CN(/C=C(/C#N)C(=O)N2CCNCC2)CC(C)O1. The van der Waals surface area contributed by atoms with Crippen LogP contribution in [0.15, 0.2) is 11.8 Å². The lowest BCUT2D eigenvalue weighted by molar-refractivity contribution is -0.127. The van der Waals surface area contributed by atoms with Crippen molar-refractivity contribution in [1.82, 2.24) is 15.1 Å². The van der Waals surface area contributed by atoms with Gasteiger partial charge in [0.25, 0.3) is 5.91 Å². The quantitative estimate of drug-likeness (QED) is 0.566. The summed E-state index contributed by atoms with van der Waals surface area (Å²) in [5.74, 6) is -0.166. The van der Waals surface area contributed by atoms with Crippen molar-refractivity contribution in [2.24, 2.45) is 0 Å². The average molecular weight is 278 g/mol. The normalized spacial score (nSPS) is 28.1. The maximum absolute atomic E-state index is 12.3. The Morgan fingerprint density at radius 3 is 2.45 bits per heavy atom. The van der Waals surface area contributed by atoms with E-state index in [1.54, 1.807) is 11.1 Å². The van der Waals surface area contributed by atoms with Gasteiger partial charge in [0.05, 0.1) is 12.2 Å². The summed E-state index contributed by atoms with van der Waals surface area (Å²) < 4.78 is 5.65. The van der Waals surface area contributed by atoms with Crippen molar-refractivity contribution in [2.75, 3.05) is 39.3 Å². The van der Waals surface area contributed by atoms with Gasteiger partial charge in [0, 0.05) is 45.5 Å². The Hall–Kier alpha value is -1.58. The molecule has 2 saturated heterocycles. The predicted octanol–water partition coefficient (Wildman–Crippen LogP) is -0.0651. The summed E-state index contributed by atoms with van der Waals surface area (Å²) in [6.45, 7) is 8.32. The molecule has 0 aromatic heterocycles. The van der Waals surface area contributed by atoms with E-state index in [0.29, 0.717) is 26.2 Å². The molecule has 0 aromatic carbocycles. The molecule has 0 aliphatic carbocycles. The number of nitrogens with one attached hydrogen (secondary N) is 1. The number of hydrogen-bond acceptors (Lipinski definition) is 5. The number of piperazine rings is 1. The molecule has 0 radical (unpaired) electrons. The van der Waals surface area contributed by atoms with E-state index in [2.05, 4.69) is 5.32 Å². The highest BCUT2D eigenvalue weighted by Crippen LogP contribution is 2.13. The highest BCUT2D eigenvalue weighted by atomic mass is 16.5. The van der Waals surface area contributed by atoms with Gasteiger partial charge in [-0.05, 0) is 13.8 Å². The number of nitrogens with zero attached hydrogens (tertiary/aromatic N) is 3. The molecule has 2 fully saturated rings. The molecule has 2 unspecified atom stereocenters. The van der Waals surface area contributed by atoms with Crippen molar-refractivity contribution in [3.63, 3.8) is 0 Å². The number of morpholine rings is 1. The van der Waals surface area contributed by atoms with Crippen LogP contribution in [0.1, 0.15) is 13.8 Å². The van der Waals surface area contributed by atoms with E-state index in [9.17, 15) is 10.1 Å². The van der Waals surface area contributed by atoms with Crippen molar-refractivity contribution in [1.29, 1.82) is 5.26 Å². The minimum Gasteiger partial charge on any atom is -0.372 e. The number of hydrogen-bond donors (Lipinski definition) is 1. The monoisotopic (exact) mass is 278 g/mol. The van der Waals surface area contributed by atoms with Crippen LogP contribution < -0.4 is 5.32 Å². The van der Waals surface area contributed by atoms with Gasteiger partial charge < -0.3 is 19.9 Å². The summed E-state index contributed by atoms with van der Waals surface area (Å²) >= 11 is 0. The largest absolute Gasteiger partial charge is 0.372 e. The van der Waals surface area contributed by atoms with Crippen LogP contribution in [0.4, 0.5) is 0 Å². The number of ether oxygens (including phenoxy) is 1. The lowest BCUT2D eigenvalue weighted by Crippen LogP contribution is -2.47. The molecule has 6 heteroatoms. The van der Waals surface area contributed by atoms with Crippen molar-refractivity contribution in [2.45, 2.75) is 26.1 Å². The lowest BCUT2D eigenvalue weighted by Gasteiger charge is -2.35. The van der Waals surface area contributed by atoms with Crippen LogP contribution in [-0.4, -0.2) is 67.2 Å². The summed E-state index contributed by atoms with van der Waals surface area (Å²) in [5.41, 5.74) is 0.216. The smallest absolute Gasteiger partial charge is 0.266 e. The fourth-order valence-electron chi connectivity index (χ4n) is 2.68. The Bertz CT molecular complexity index is 413. The second-order valence-corrected chi connectivity index (χ2v) is 5.41. The van der Waals surface area contributed by atoms with E-state index in [4.69, 9.17) is 4.74 Å². The molecular formula is C14H22N4O2. The Balaban J connectivity index is 2.04. The zero-order valence-electron chi connectivity index (χ0n) is 12.1. The van der Waals surface area contributed by atoms with Gasteiger partial charge >= 0.3 is 0 Å². The maximum Gasteiger partial charge on any atom is 0.266 e. The molecule has 1 amide bonds. The molecule has 2 aliphatic rings. The maximum atomic E-state index is 12.3. The molecule has 0 aromatic rings. The van der Waals surface area contributed by atoms with E-state index in [1.165, 1.54) is 0 Å². The van der Waals surface area contributed by atoms with Gasteiger partial charge in [-0.25, -0.2) is 0 Å². The van der Waals surface area contributed by atoms with Crippen LogP contribution in [-0.2, 0) is 9.53 Å². The number of rotatable bonds is 2. The van der Waals surface area contributed by atoms with Crippen LogP contribution in [0.2, 0.25) is 0 Å². The molecule has 2 atom stereocenters. The fraction of sp³-hybridized carbons (Fsp3) is 0.714. The van der Waals surface area contributed by atoms with Gasteiger partial charge in [0.15, 0.2) is 0 Å². The molecule has 2 rings (SSSR count). The topological polar surface area (TPSA) is 68.6 Å². The second-order valence-electron chi connectivity index (χ2n) is 5.41. The first-order valence-electron chi connectivity index (χ1n) is 7.11. The van der Waals surface area contributed by atoms with E-state index in [1.807, 2.05) is 24.8 Å². The van der Waals surface area contributed by atoms with Gasteiger partial charge in [-0.1, -0.05) is 0 Å². The van der Waals surface area contributed by atoms with Crippen molar-refractivity contribution < 1.29 is 9.53 Å². The lowest BCUT2D eigenvalue weighted by atomic mass is 10.2. The van der Waals surface area contributed by atoms with Gasteiger partial charge in [-0.15, -0.1) is 0 Å². The van der Waals surface area contributed by atoms with Crippen molar-refractivity contribution in [3.05, 3.63) is 11.8 Å². The Kier molecular flexibility index (Phi) is 4.99. The van der Waals surface area contributed by atoms with Crippen molar-refractivity contribution in [3.8, 4) is 6.07 Å². The molecule has 2 aliphatic heterocycles. The van der Waals surface area contributed by atoms with E-state index < -0.39 is 0 Å². The first kappa shape index (κ1) is 14.8. The zero-order chi connectivity index (χ0) is 14.5. The second kappa shape index (κ2) is 6.73. The first-order valence-corrected chi connectivity index (χ1v) is 7.11. The molecule has 20 heavy (non-hydrogen) atoms. The minimum atomic E-state index is -0.166. The minimum absolute atomic E-state index is 0.115. The van der Waals surface area contributed by atoms with E-state index >= 15 is 0 Å². The van der Waals surface area contributed by atoms with Crippen LogP contribution in [0.25, 0.3) is 0 Å². The summed E-state index contributed by atoms with van der Waals surface area (Å²) in [6.07, 6.45) is 1.92.